The van der Waals surface area contributed by atoms with Crippen LogP contribution in [0.3, 0.4) is 0 Å². The fraction of sp³-hybridized carbons (Fsp3) is 0.409. The van der Waals surface area contributed by atoms with E-state index in [1.165, 1.54) is 36.8 Å². The Balaban J connectivity index is 1.62. The van der Waals surface area contributed by atoms with Gasteiger partial charge in [-0.05, 0) is 43.1 Å². The second-order valence-corrected chi connectivity index (χ2v) is 9.75. The van der Waals surface area contributed by atoms with Crippen LogP contribution >= 0.6 is 0 Å². The zero-order chi connectivity index (χ0) is 21.6. The third kappa shape index (κ3) is 5.38. The summed E-state index contributed by atoms with van der Waals surface area (Å²) in [6.45, 7) is 2.68. The Hall–Kier alpha value is -2.42. The third-order valence-corrected chi connectivity index (χ3v) is 7.31. The lowest BCUT2D eigenvalue weighted by Crippen LogP contribution is -2.41. The van der Waals surface area contributed by atoms with E-state index in [9.17, 15) is 13.2 Å². The molecular weight excluding hydrogens is 400 g/mol. The van der Waals surface area contributed by atoms with Crippen LogP contribution < -0.4 is 10.6 Å². The van der Waals surface area contributed by atoms with Gasteiger partial charge < -0.3 is 10.6 Å². The predicted molar refractivity (Wildman–Crippen MR) is 118 cm³/mol. The van der Waals surface area contributed by atoms with Crippen LogP contribution in [0.15, 0.2) is 59.5 Å². The van der Waals surface area contributed by atoms with Gasteiger partial charge in [0.05, 0.1) is 10.9 Å². The van der Waals surface area contributed by atoms with Gasteiger partial charge in [0, 0.05) is 27.2 Å². The molecule has 8 heteroatoms. The summed E-state index contributed by atoms with van der Waals surface area (Å²) < 4.78 is 26.2. The fourth-order valence-corrected chi connectivity index (χ4v) is 4.83. The number of sulfonamides is 1. The first-order valence-corrected chi connectivity index (χ1v) is 11.6. The molecule has 1 heterocycles. The molecule has 0 aromatic heterocycles. The van der Waals surface area contributed by atoms with Crippen LogP contribution in [0.4, 0.5) is 4.79 Å². The number of nitrogens with zero attached hydrogens (tertiary/aromatic N) is 2. The first-order valence-electron chi connectivity index (χ1n) is 10.2. The molecule has 1 saturated heterocycles. The predicted octanol–water partition coefficient (Wildman–Crippen LogP) is 2.57. The molecule has 0 radical (unpaired) electrons. The van der Waals surface area contributed by atoms with Gasteiger partial charge in [-0.15, -0.1) is 0 Å². The highest BCUT2D eigenvalue weighted by atomic mass is 32.2. The summed E-state index contributed by atoms with van der Waals surface area (Å²) in [5.74, 6) is 0. The highest BCUT2D eigenvalue weighted by Crippen LogP contribution is 2.24. The smallest absolute Gasteiger partial charge is 0.315 e. The Labute approximate surface area is 179 Å². The van der Waals surface area contributed by atoms with Gasteiger partial charge in [0.15, 0.2) is 0 Å². The molecule has 30 heavy (non-hydrogen) atoms. The Bertz CT molecular complexity index is 942. The normalized spacial score (nSPS) is 15.8. The molecule has 7 nitrogen and oxygen atoms in total. The van der Waals surface area contributed by atoms with Gasteiger partial charge in [-0.1, -0.05) is 48.5 Å². The number of urea groups is 1. The Morgan fingerprint density at radius 3 is 2.30 bits per heavy atom. The second kappa shape index (κ2) is 10.1. The standard InChI is InChI=1S/C22H30N4O3S/c1-25(2)30(28,29)21-13-7-6-12-19(21)16-23-22(27)24-17-20(26-14-8-9-15-26)18-10-4-3-5-11-18/h3-7,10-13,20H,8-9,14-17H2,1-2H3,(H2,23,24,27). The maximum absolute atomic E-state index is 12.5. The molecule has 0 saturated carbocycles. The number of carbonyl (C=O) groups excluding carboxylic acids is 1. The summed E-state index contributed by atoms with van der Waals surface area (Å²) in [5, 5.41) is 5.75. The highest BCUT2D eigenvalue weighted by Gasteiger charge is 2.24. The van der Waals surface area contributed by atoms with E-state index in [2.05, 4.69) is 27.7 Å². The van der Waals surface area contributed by atoms with Crippen molar-refractivity contribution in [3.8, 4) is 0 Å². The number of hydrogen-bond donors (Lipinski definition) is 2. The lowest BCUT2D eigenvalue weighted by atomic mass is 10.1. The van der Waals surface area contributed by atoms with Crippen LogP contribution in [-0.4, -0.2) is 57.4 Å². The Kier molecular flexibility index (Phi) is 7.47. The van der Waals surface area contributed by atoms with Gasteiger partial charge in [0.25, 0.3) is 0 Å². The zero-order valence-electron chi connectivity index (χ0n) is 17.5. The van der Waals surface area contributed by atoms with Crippen LogP contribution in [0.25, 0.3) is 0 Å². The van der Waals surface area contributed by atoms with Crippen molar-refractivity contribution in [2.75, 3.05) is 33.7 Å². The number of amides is 2. The van der Waals surface area contributed by atoms with Gasteiger partial charge in [0.2, 0.25) is 10.0 Å². The quantitative estimate of drug-likeness (QED) is 0.674. The summed E-state index contributed by atoms with van der Waals surface area (Å²) in [4.78, 5) is 15.1. The number of hydrogen-bond acceptors (Lipinski definition) is 4. The second-order valence-electron chi connectivity index (χ2n) is 7.63. The van der Waals surface area contributed by atoms with E-state index < -0.39 is 10.0 Å². The van der Waals surface area contributed by atoms with Crippen molar-refractivity contribution in [2.45, 2.75) is 30.3 Å². The molecule has 1 unspecified atom stereocenters. The van der Waals surface area contributed by atoms with Gasteiger partial charge in [-0.25, -0.2) is 17.5 Å². The molecule has 2 N–H and O–H groups in total. The van der Waals surface area contributed by atoms with Crippen LogP contribution in [0.1, 0.15) is 30.0 Å². The number of carbonyl (C=O) groups is 1. The minimum Gasteiger partial charge on any atom is -0.336 e. The lowest BCUT2D eigenvalue weighted by Gasteiger charge is -2.28. The number of rotatable bonds is 8. The number of benzene rings is 2. The van der Waals surface area contributed by atoms with Crippen molar-refractivity contribution < 1.29 is 13.2 Å². The van der Waals surface area contributed by atoms with Crippen molar-refractivity contribution in [3.05, 3.63) is 65.7 Å². The van der Waals surface area contributed by atoms with Crippen molar-refractivity contribution in [2.24, 2.45) is 0 Å². The van der Waals surface area contributed by atoms with E-state index >= 15 is 0 Å². The van der Waals surface area contributed by atoms with Crippen molar-refractivity contribution in [1.29, 1.82) is 0 Å². The lowest BCUT2D eigenvalue weighted by molar-refractivity contribution is 0.220. The van der Waals surface area contributed by atoms with E-state index in [0.717, 1.165) is 13.1 Å². The molecule has 0 aliphatic carbocycles. The van der Waals surface area contributed by atoms with E-state index in [1.54, 1.807) is 24.3 Å². The SMILES string of the molecule is CN(C)S(=O)(=O)c1ccccc1CNC(=O)NCC(c1ccccc1)N1CCCC1. The summed E-state index contributed by atoms with van der Waals surface area (Å²) in [7, 11) is -0.585. The van der Waals surface area contributed by atoms with Crippen LogP contribution in [-0.2, 0) is 16.6 Å². The fourth-order valence-electron chi connectivity index (χ4n) is 3.71. The van der Waals surface area contributed by atoms with Gasteiger partial charge in [0.1, 0.15) is 0 Å². The maximum atomic E-state index is 12.5. The maximum Gasteiger partial charge on any atom is 0.315 e. The largest absolute Gasteiger partial charge is 0.336 e. The topological polar surface area (TPSA) is 81.8 Å². The van der Waals surface area contributed by atoms with E-state index in [-0.39, 0.29) is 23.5 Å². The van der Waals surface area contributed by atoms with Gasteiger partial charge in [-0.2, -0.15) is 0 Å². The van der Waals surface area contributed by atoms with Crippen molar-refractivity contribution in [3.63, 3.8) is 0 Å². The van der Waals surface area contributed by atoms with Crippen LogP contribution in [0, 0.1) is 0 Å². The molecule has 2 aromatic rings. The molecule has 1 aliphatic heterocycles. The van der Waals surface area contributed by atoms with E-state index in [0.29, 0.717) is 12.1 Å². The van der Waals surface area contributed by atoms with Gasteiger partial charge in [-0.3, -0.25) is 4.90 Å². The minimum atomic E-state index is -3.57. The summed E-state index contributed by atoms with van der Waals surface area (Å²) in [6.07, 6.45) is 2.35. The molecule has 0 spiro atoms. The molecular formula is C22H30N4O3S. The van der Waals surface area contributed by atoms with Crippen molar-refractivity contribution >= 4 is 16.1 Å². The average molecular weight is 431 g/mol. The molecule has 2 aromatic carbocycles. The van der Waals surface area contributed by atoms with Crippen LogP contribution in [0.2, 0.25) is 0 Å². The van der Waals surface area contributed by atoms with Crippen molar-refractivity contribution in [1.82, 2.24) is 19.8 Å². The first kappa shape index (κ1) is 22.3. The van der Waals surface area contributed by atoms with Gasteiger partial charge >= 0.3 is 6.03 Å². The van der Waals surface area contributed by atoms with E-state index in [1.807, 2.05) is 18.2 Å². The average Bonchev–Trinajstić information content (AvgIpc) is 3.28. The molecule has 1 aliphatic rings. The third-order valence-electron chi connectivity index (χ3n) is 5.39. The summed E-state index contributed by atoms with van der Waals surface area (Å²) >= 11 is 0. The highest BCUT2D eigenvalue weighted by molar-refractivity contribution is 7.89. The van der Waals surface area contributed by atoms with E-state index in [4.69, 9.17) is 0 Å². The molecule has 3 rings (SSSR count). The molecule has 162 valence electrons. The molecule has 2 amide bonds. The number of likely N-dealkylation sites (tertiary alicyclic amines) is 1. The summed E-state index contributed by atoms with van der Waals surface area (Å²) in [6, 6.07) is 16.7. The summed E-state index contributed by atoms with van der Waals surface area (Å²) in [5.41, 5.74) is 1.74. The minimum absolute atomic E-state index is 0.126. The molecule has 1 fully saturated rings. The Morgan fingerprint density at radius 2 is 1.63 bits per heavy atom. The number of nitrogens with one attached hydrogen (secondary N) is 2. The Morgan fingerprint density at radius 1 is 1.00 bits per heavy atom. The monoisotopic (exact) mass is 430 g/mol. The first-order chi connectivity index (χ1) is 14.4. The van der Waals surface area contributed by atoms with Crippen LogP contribution in [0.5, 0.6) is 0 Å². The zero-order valence-corrected chi connectivity index (χ0v) is 18.4. The molecule has 1 atom stereocenters. The molecule has 0 bridgehead atoms.